The molecule has 3 heterocycles. The molecule has 3 fully saturated rings. The van der Waals surface area contributed by atoms with Gasteiger partial charge in [0.05, 0.1) is 31.5 Å². The van der Waals surface area contributed by atoms with Gasteiger partial charge in [-0.2, -0.15) is 0 Å². The van der Waals surface area contributed by atoms with Crippen molar-refractivity contribution in [3.05, 3.63) is 0 Å². The van der Waals surface area contributed by atoms with Crippen molar-refractivity contribution in [2.24, 2.45) is 23.7 Å². The standard InChI is InChI=1S/C35H52Cl3NO16/c1-11-23-14(2)26(47-18(6)40)17(5)31(52-23)45-12-24-15(3)27(48-19(7)41)29(50-21(9)43)32(53-24)46-13-25-16(4)28(49-20(8)42)30(51-22(10)44)33(54-25)55-34(39)35(36,37)38/h14-17,23-33,39H,11-13H2,1-10H3/t14-,15-,16-,17-,23-,24-,25-,26+,27+,28+,29-,30-,31-,32-,33?/m1/s1. The van der Waals surface area contributed by atoms with Crippen molar-refractivity contribution in [1.29, 1.82) is 5.41 Å². The van der Waals surface area contributed by atoms with Crippen LogP contribution in [0.2, 0.25) is 0 Å². The van der Waals surface area contributed by atoms with Gasteiger partial charge in [-0.25, -0.2) is 0 Å². The lowest BCUT2D eigenvalue weighted by Gasteiger charge is -2.47. The number of carbonyl (C=O) groups is 5. The minimum absolute atomic E-state index is 0.101. The van der Waals surface area contributed by atoms with E-state index >= 15 is 0 Å². The number of nitrogens with one attached hydrogen (secondary N) is 1. The Hall–Kier alpha value is -2.51. The molecule has 0 aromatic carbocycles. The molecule has 0 bridgehead atoms. The first kappa shape index (κ1) is 46.9. The molecule has 15 atom stereocenters. The van der Waals surface area contributed by atoms with Crippen LogP contribution in [0.3, 0.4) is 0 Å². The van der Waals surface area contributed by atoms with Crippen LogP contribution in [0.5, 0.6) is 0 Å². The Labute approximate surface area is 335 Å². The van der Waals surface area contributed by atoms with Gasteiger partial charge in [-0.3, -0.25) is 29.4 Å². The van der Waals surface area contributed by atoms with Crippen LogP contribution in [0, 0.1) is 29.1 Å². The lowest BCUT2D eigenvalue weighted by Crippen LogP contribution is -2.61. The highest BCUT2D eigenvalue weighted by Crippen LogP contribution is 2.38. The first-order chi connectivity index (χ1) is 25.5. The number of hydrogen-bond acceptors (Lipinski definition) is 17. The maximum absolute atomic E-state index is 12.4. The summed E-state index contributed by atoms with van der Waals surface area (Å²) in [5.41, 5.74) is 0. The zero-order chi connectivity index (χ0) is 41.5. The third kappa shape index (κ3) is 12.7. The van der Waals surface area contributed by atoms with Crippen molar-refractivity contribution < 1.29 is 76.1 Å². The van der Waals surface area contributed by atoms with E-state index in [1.54, 1.807) is 13.8 Å². The number of hydrogen-bond donors (Lipinski definition) is 1. The molecule has 0 aromatic heterocycles. The van der Waals surface area contributed by atoms with Gasteiger partial charge in [-0.05, 0) is 6.42 Å². The third-order valence-corrected chi connectivity index (χ3v) is 10.1. The van der Waals surface area contributed by atoms with Crippen LogP contribution < -0.4 is 0 Å². The zero-order valence-corrected chi connectivity index (χ0v) is 34.7. The second-order valence-electron chi connectivity index (χ2n) is 14.0. The Morgan fingerprint density at radius 3 is 1.27 bits per heavy atom. The van der Waals surface area contributed by atoms with E-state index in [2.05, 4.69) is 0 Å². The average Bonchev–Trinajstić information content (AvgIpc) is 3.06. The monoisotopic (exact) mass is 847 g/mol. The second-order valence-corrected chi connectivity index (χ2v) is 16.2. The molecule has 0 amide bonds. The van der Waals surface area contributed by atoms with Crippen LogP contribution in [0.25, 0.3) is 0 Å². The van der Waals surface area contributed by atoms with Crippen molar-refractivity contribution in [2.75, 3.05) is 13.2 Å². The molecule has 3 aliphatic rings. The summed E-state index contributed by atoms with van der Waals surface area (Å²) < 4.78 is 62.2. The van der Waals surface area contributed by atoms with Crippen LogP contribution in [0.4, 0.5) is 0 Å². The van der Waals surface area contributed by atoms with Crippen molar-refractivity contribution in [2.45, 2.75) is 147 Å². The molecule has 55 heavy (non-hydrogen) atoms. The van der Waals surface area contributed by atoms with Gasteiger partial charge < -0.3 is 52.1 Å². The molecule has 1 unspecified atom stereocenters. The van der Waals surface area contributed by atoms with Gasteiger partial charge in [0.1, 0.15) is 18.3 Å². The summed E-state index contributed by atoms with van der Waals surface area (Å²) in [5, 5.41) is 8.11. The molecule has 0 spiro atoms. The molecule has 20 heteroatoms. The Morgan fingerprint density at radius 2 is 0.855 bits per heavy atom. The van der Waals surface area contributed by atoms with E-state index in [9.17, 15) is 24.0 Å². The molecule has 0 aromatic rings. The summed E-state index contributed by atoms with van der Waals surface area (Å²) in [6, 6.07) is 0. The summed E-state index contributed by atoms with van der Waals surface area (Å²) in [7, 11) is 0. The van der Waals surface area contributed by atoms with Crippen molar-refractivity contribution in [3.8, 4) is 0 Å². The summed E-state index contributed by atoms with van der Waals surface area (Å²) in [4.78, 5) is 61.0. The highest BCUT2D eigenvalue weighted by atomic mass is 35.6. The largest absolute Gasteiger partial charge is 0.462 e. The van der Waals surface area contributed by atoms with E-state index in [1.165, 1.54) is 20.8 Å². The summed E-state index contributed by atoms with van der Waals surface area (Å²) >= 11 is 17.5. The molecular formula is C35H52Cl3NO16. The number of halogens is 3. The third-order valence-electron chi connectivity index (χ3n) is 9.63. The fraction of sp³-hybridized carbons (Fsp3) is 0.829. The highest BCUT2D eigenvalue weighted by Gasteiger charge is 2.53. The molecule has 314 valence electrons. The van der Waals surface area contributed by atoms with Crippen LogP contribution in [-0.4, -0.2) is 120 Å². The smallest absolute Gasteiger partial charge is 0.303 e. The van der Waals surface area contributed by atoms with Crippen LogP contribution in [0.15, 0.2) is 0 Å². The van der Waals surface area contributed by atoms with E-state index in [4.69, 9.17) is 92.3 Å². The zero-order valence-electron chi connectivity index (χ0n) is 32.4. The number of rotatable bonds is 13. The van der Waals surface area contributed by atoms with Gasteiger partial charge >= 0.3 is 29.8 Å². The van der Waals surface area contributed by atoms with Crippen molar-refractivity contribution in [1.82, 2.24) is 0 Å². The molecule has 3 saturated heterocycles. The highest BCUT2D eigenvalue weighted by molar-refractivity contribution is 6.76. The van der Waals surface area contributed by atoms with Crippen molar-refractivity contribution >= 4 is 70.5 Å². The van der Waals surface area contributed by atoms with E-state index < -0.39 is 113 Å². The number of carbonyl (C=O) groups excluding carboxylic acids is 5. The lowest BCUT2D eigenvalue weighted by molar-refractivity contribution is -0.326. The Morgan fingerprint density at radius 1 is 0.509 bits per heavy atom. The summed E-state index contributed by atoms with van der Waals surface area (Å²) in [5.74, 6) is -6.05. The Balaban J connectivity index is 1.92. The van der Waals surface area contributed by atoms with Gasteiger partial charge in [0, 0.05) is 58.3 Å². The fourth-order valence-corrected chi connectivity index (χ4v) is 7.08. The first-order valence-electron chi connectivity index (χ1n) is 17.9. The number of alkyl halides is 3. The topological polar surface area (TPSA) is 211 Å². The quantitative estimate of drug-likeness (QED) is 0.0906. The van der Waals surface area contributed by atoms with Crippen molar-refractivity contribution in [3.63, 3.8) is 0 Å². The predicted molar refractivity (Wildman–Crippen MR) is 192 cm³/mol. The maximum atomic E-state index is 12.4. The number of esters is 5. The normalized spacial score (nSPS) is 36.5. The van der Waals surface area contributed by atoms with Crippen LogP contribution in [0.1, 0.15) is 75.7 Å². The number of ether oxygens (including phenoxy) is 11. The molecule has 0 saturated carbocycles. The van der Waals surface area contributed by atoms with E-state index in [1.807, 2.05) is 20.8 Å². The minimum atomic E-state index is -2.33. The molecular weight excluding hydrogens is 797 g/mol. The Bertz CT molecular complexity index is 1380. The van der Waals surface area contributed by atoms with Gasteiger partial charge in [0.15, 0.2) is 18.7 Å². The lowest BCUT2D eigenvalue weighted by atomic mass is 9.84. The minimum Gasteiger partial charge on any atom is -0.462 e. The second kappa shape index (κ2) is 20.3. The maximum Gasteiger partial charge on any atom is 0.303 e. The van der Waals surface area contributed by atoms with Gasteiger partial charge in [0.2, 0.25) is 18.3 Å². The van der Waals surface area contributed by atoms with Crippen LogP contribution >= 0.6 is 34.8 Å². The Kier molecular flexibility index (Phi) is 17.3. The van der Waals surface area contributed by atoms with E-state index in [-0.39, 0.29) is 31.2 Å². The first-order valence-corrected chi connectivity index (χ1v) is 19.1. The van der Waals surface area contributed by atoms with Gasteiger partial charge in [-0.1, -0.05) is 69.4 Å². The molecule has 3 rings (SSSR count). The molecule has 1 N–H and O–H groups in total. The summed E-state index contributed by atoms with van der Waals surface area (Å²) in [6.07, 6.45) is -10.8. The van der Waals surface area contributed by atoms with E-state index in [0.717, 1.165) is 13.8 Å². The predicted octanol–water partition coefficient (Wildman–Crippen LogP) is 4.17. The van der Waals surface area contributed by atoms with Gasteiger partial charge in [-0.15, -0.1) is 0 Å². The summed E-state index contributed by atoms with van der Waals surface area (Å²) in [6.45, 7) is 14.6. The molecule has 3 aliphatic heterocycles. The van der Waals surface area contributed by atoms with Gasteiger partial charge in [0.25, 0.3) is 3.79 Å². The van der Waals surface area contributed by atoms with E-state index in [0.29, 0.717) is 6.42 Å². The fourth-order valence-electron chi connectivity index (χ4n) is 6.94. The SMILES string of the molecule is CC[C@H]1O[C@@H](OC[C@H]2O[C@@H](OC[C@H]3OC(OC(=N)C(Cl)(Cl)Cl)[C@H](OC(C)=O)[C@@H](OC(C)=O)[C@@H]3C)[C@H](OC(C)=O)[C@@H](OC(C)=O)[C@@H]2C)[C@H](C)[C@@H](OC(C)=O)[C@@H]1C. The molecule has 0 radical (unpaired) electrons. The molecule has 17 nitrogen and oxygen atoms in total. The molecule has 0 aliphatic carbocycles. The van der Waals surface area contributed by atoms with Crippen LogP contribution in [-0.2, 0) is 76.1 Å². The average molecular weight is 849 g/mol.